The van der Waals surface area contributed by atoms with E-state index < -0.39 is 5.91 Å². The van der Waals surface area contributed by atoms with Crippen LogP contribution in [0.5, 0.6) is 0 Å². The molecule has 0 atom stereocenters. The van der Waals surface area contributed by atoms with Crippen LogP contribution in [0.1, 0.15) is 22.6 Å². The molecule has 2 aromatic heterocycles. The molecule has 0 unspecified atom stereocenters. The highest BCUT2D eigenvalue weighted by atomic mass is 79.9. The van der Waals surface area contributed by atoms with E-state index in [0.717, 1.165) is 26.6 Å². The molecule has 0 aliphatic heterocycles. The van der Waals surface area contributed by atoms with Crippen LogP contribution in [0.15, 0.2) is 81.4 Å². The predicted octanol–water partition coefficient (Wildman–Crippen LogP) is 5.58. The van der Waals surface area contributed by atoms with Gasteiger partial charge in [0.2, 0.25) is 0 Å². The first-order chi connectivity index (χ1) is 15.1. The first-order valence-corrected chi connectivity index (χ1v) is 10.6. The highest BCUT2D eigenvalue weighted by Gasteiger charge is 2.16. The van der Waals surface area contributed by atoms with Crippen LogP contribution in [0, 0.1) is 18.3 Å². The summed E-state index contributed by atoms with van der Waals surface area (Å²) in [5.41, 5.74) is 4.15. The number of benzene rings is 2. The van der Waals surface area contributed by atoms with E-state index in [1.165, 1.54) is 5.56 Å². The molecule has 0 radical (unpaired) electrons. The lowest BCUT2D eigenvalue weighted by atomic mass is 10.1. The summed E-state index contributed by atoms with van der Waals surface area (Å²) in [6, 6.07) is 21.8. The molecule has 0 saturated heterocycles. The van der Waals surface area contributed by atoms with Crippen molar-refractivity contribution in [2.45, 2.75) is 20.0 Å². The second-order valence-corrected chi connectivity index (χ2v) is 8.08. The number of carbonyl (C=O) groups excluding carboxylic acids is 1. The van der Waals surface area contributed by atoms with E-state index in [0.29, 0.717) is 12.3 Å². The van der Waals surface area contributed by atoms with Gasteiger partial charge >= 0.3 is 0 Å². The highest BCUT2D eigenvalue weighted by Crippen LogP contribution is 2.29. The standard InChI is InChI=1S/C25H20BrN3O2/c1-17-23(13-19(14-27)25(30)28-15-21-5-4-12-31-21)22-6-2-3-7-24(22)29(17)16-18-8-10-20(26)11-9-18/h2-13H,15-16H2,1H3,(H,28,30). The van der Waals surface area contributed by atoms with Crippen LogP contribution in [0.2, 0.25) is 0 Å². The van der Waals surface area contributed by atoms with Gasteiger partial charge in [-0.3, -0.25) is 4.79 Å². The fourth-order valence-electron chi connectivity index (χ4n) is 3.58. The number of nitrogens with one attached hydrogen (secondary N) is 1. The van der Waals surface area contributed by atoms with Crippen molar-refractivity contribution >= 4 is 38.8 Å². The van der Waals surface area contributed by atoms with Crippen LogP contribution >= 0.6 is 15.9 Å². The number of hydrogen-bond donors (Lipinski definition) is 1. The smallest absolute Gasteiger partial charge is 0.262 e. The Morgan fingerprint density at radius 2 is 1.94 bits per heavy atom. The number of halogens is 1. The number of nitriles is 1. The number of para-hydroxylation sites is 1. The van der Waals surface area contributed by atoms with E-state index in [1.807, 2.05) is 43.3 Å². The number of aromatic nitrogens is 1. The second kappa shape index (κ2) is 9.07. The van der Waals surface area contributed by atoms with E-state index in [4.69, 9.17) is 4.42 Å². The summed E-state index contributed by atoms with van der Waals surface area (Å²) in [6.45, 7) is 2.94. The minimum absolute atomic E-state index is 0.0567. The Hall–Kier alpha value is -3.56. The number of fused-ring (bicyclic) bond motifs is 1. The molecule has 1 amide bonds. The van der Waals surface area contributed by atoms with E-state index in [-0.39, 0.29) is 12.1 Å². The molecule has 0 fully saturated rings. The number of furan rings is 1. The van der Waals surface area contributed by atoms with Crippen LogP contribution in [-0.4, -0.2) is 10.5 Å². The van der Waals surface area contributed by atoms with Crippen molar-refractivity contribution in [3.63, 3.8) is 0 Å². The highest BCUT2D eigenvalue weighted by molar-refractivity contribution is 9.10. The molecular weight excluding hydrogens is 454 g/mol. The van der Waals surface area contributed by atoms with Crippen LogP contribution in [0.3, 0.4) is 0 Å². The Morgan fingerprint density at radius 1 is 1.16 bits per heavy atom. The molecule has 154 valence electrons. The van der Waals surface area contributed by atoms with Gasteiger partial charge < -0.3 is 14.3 Å². The molecule has 1 N–H and O–H groups in total. The average Bonchev–Trinajstić information content (AvgIpc) is 3.39. The van der Waals surface area contributed by atoms with Gasteiger partial charge in [-0.25, -0.2) is 0 Å². The van der Waals surface area contributed by atoms with Crippen molar-refractivity contribution in [1.82, 2.24) is 9.88 Å². The first-order valence-electron chi connectivity index (χ1n) is 9.81. The average molecular weight is 474 g/mol. The fraction of sp³-hybridized carbons (Fsp3) is 0.120. The minimum Gasteiger partial charge on any atom is -0.467 e. The predicted molar refractivity (Wildman–Crippen MR) is 124 cm³/mol. The quantitative estimate of drug-likeness (QED) is 0.293. The third kappa shape index (κ3) is 4.47. The summed E-state index contributed by atoms with van der Waals surface area (Å²) in [6.07, 6.45) is 3.22. The molecule has 0 saturated carbocycles. The molecule has 0 spiro atoms. The zero-order valence-electron chi connectivity index (χ0n) is 16.9. The molecule has 31 heavy (non-hydrogen) atoms. The van der Waals surface area contributed by atoms with Gasteiger partial charge in [0, 0.05) is 33.2 Å². The van der Waals surface area contributed by atoms with Crippen molar-refractivity contribution in [3.8, 4) is 6.07 Å². The SMILES string of the molecule is Cc1c(C=C(C#N)C(=O)NCc2ccco2)c2ccccc2n1Cc1ccc(Br)cc1. The zero-order chi connectivity index (χ0) is 21.8. The normalized spacial score (nSPS) is 11.5. The molecule has 5 nitrogen and oxygen atoms in total. The van der Waals surface area contributed by atoms with E-state index >= 15 is 0 Å². The Balaban J connectivity index is 1.69. The van der Waals surface area contributed by atoms with Crippen molar-refractivity contribution < 1.29 is 9.21 Å². The largest absolute Gasteiger partial charge is 0.467 e. The van der Waals surface area contributed by atoms with Gasteiger partial charge in [0.15, 0.2) is 0 Å². The fourth-order valence-corrected chi connectivity index (χ4v) is 3.85. The Morgan fingerprint density at radius 3 is 2.65 bits per heavy atom. The lowest BCUT2D eigenvalue weighted by Crippen LogP contribution is -2.23. The summed E-state index contributed by atoms with van der Waals surface area (Å²) >= 11 is 3.47. The molecule has 2 aromatic carbocycles. The molecule has 0 bridgehead atoms. The van der Waals surface area contributed by atoms with Crippen molar-refractivity contribution in [1.29, 1.82) is 5.26 Å². The Bertz CT molecular complexity index is 1290. The number of hydrogen-bond acceptors (Lipinski definition) is 3. The van der Waals surface area contributed by atoms with E-state index in [1.54, 1.807) is 24.5 Å². The monoisotopic (exact) mass is 473 g/mol. The lowest BCUT2D eigenvalue weighted by molar-refractivity contribution is -0.117. The number of rotatable bonds is 6. The summed E-state index contributed by atoms with van der Waals surface area (Å²) in [5, 5.41) is 13.4. The van der Waals surface area contributed by atoms with Crippen LogP contribution in [-0.2, 0) is 17.9 Å². The van der Waals surface area contributed by atoms with E-state index in [2.05, 4.69) is 44.0 Å². The van der Waals surface area contributed by atoms with Crippen molar-refractivity contribution in [2.24, 2.45) is 0 Å². The Kier molecular flexibility index (Phi) is 6.06. The number of amides is 1. The van der Waals surface area contributed by atoms with Gasteiger partial charge in [-0.2, -0.15) is 5.26 Å². The number of carbonyl (C=O) groups is 1. The molecule has 0 aliphatic carbocycles. The lowest BCUT2D eigenvalue weighted by Gasteiger charge is -2.09. The van der Waals surface area contributed by atoms with Gasteiger partial charge in [0.25, 0.3) is 5.91 Å². The second-order valence-electron chi connectivity index (χ2n) is 7.16. The van der Waals surface area contributed by atoms with Crippen molar-refractivity contribution in [2.75, 3.05) is 0 Å². The maximum atomic E-state index is 12.6. The maximum absolute atomic E-state index is 12.6. The van der Waals surface area contributed by atoms with Gasteiger partial charge in [0.05, 0.1) is 12.8 Å². The summed E-state index contributed by atoms with van der Waals surface area (Å²) < 4.78 is 8.48. The Labute approximate surface area is 188 Å². The molecular formula is C25H20BrN3O2. The van der Waals surface area contributed by atoms with Crippen LogP contribution in [0.4, 0.5) is 0 Å². The van der Waals surface area contributed by atoms with Gasteiger partial charge in [-0.05, 0) is 48.9 Å². The zero-order valence-corrected chi connectivity index (χ0v) is 18.5. The minimum atomic E-state index is -0.428. The van der Waals surface area contributed by atoms with Crippen LogP contribution < -0.4 is 5.32 Å². The third-order valence-corrected chi connectivity index (χ3v) is 5.72. The maximum Gasteiger partial charge on any atom is 0.262 e. The van der Waals surface area contributed by atoms with E-state index in [9.17, 15) is 10.1 Å². The number of nitrogens with zero attached hydrogens (tertiary/aromatic N) is 2. The third-order valence-electron chi connectivity index (χ3n) is 5.19. The summed E-state index contributed by atoms with van der Waals surface area (Å²) in [5.74, 6) is 0.205. The molecule has 2 heterocycles. The summed E-state index contributed by atoms with van der Waals surface area (Å²) in [7, 11) is 0. The van der Waals surface area contributed by atoms with Gasteiger partial charge in [0.1, 0.15) is 17.4 Å². The molecule has 4 aromatic rings. The van der Waals surface area contributed by atoms with Crippen LogP contribution in [0.25, 0.3) is 17.0 Å². The summed E-state index contributed by atoms with van der Waals surface area (Å²) in [4.78, 5) is 12.6. The molecule has 6 heteroatoms. The van der Waals surface area contributed by atoms with Gasteiger partial charge in [-0.15, -0.1) is 0 Å². The molecule has 0 aliphatic rings. The topological polar surface area (TPSA) is 71.0 Å². The van der Waals surface area contributed by atoms with Crippen molar-refractivity contribution in [3.05, 3.63) is 99.6 Å². The van der Waals surface area contributed by atoms with Gasteiger partial charge in [-0.1, -0.05) is 46.3 Å². The first kappa shape index (κ1) is 20.7. The molecule has 4 rings (SSSR count).